The van der Waals surface area contributed by atoms with Crippen molar-refractivity contribution in [3.8, 4) is 0 Å². The highest BCUT2D eigenvalue weighted by Crippen LogP contribution is 2.29. The average Bonchev–Trinajstić information content (AvgIpc) is 2.36. The quantitative estimate of drug-likeness (QED) is 0.432. The summed E-state index contributed by atoms with van der Waals surface area (Å²) in [5.74, 6) is 5.95. The number of rotatable bonds is 4. The lowest BCUT2D eigenvalue weighted by Gasteiger charge is -2.37. The molecule has 0 aromatic heterocycles. The molecular formula is C12H25N3O. The van der Waals surface area contributed by atoms with Crippen LogP contribution in [0.3, 0.4) is 0 Å². The summed E-state index contributed by atoms with van der Waals surface area (Å²) < 4.78 is 0. The summed E-state index contributed by atoms with van der Waals surface area (Å²) in [6.07, 6.45) is 6.29. The molecule has 1 aliphatic rings. The smallest absolute Gasteiger partial charge is 0.250 e. The zero-order chi connectivity index (χ0) is 12.1. The van der Waals surface area contributed by atoms with E-state index in [2.05, 4.69) is 17.2 Å². The van der Waals surface area contributed by atoms with Crippen molar-refractivity contribution in [3.63, 3.8) is 0 Å². The summed E-state index contributed by atoms with van der Waals surface area (Å²) in [6.45, 7) is 4.17. The van der Waals surface area contributed by atoms with Crippen molar-refractivity contribution in [1.29, 1.82) is 0 Å². The van der Waals surface area contributed by atoms with Gasteiger partial charge in [0.15, 0.2) is 0 Å². The van der Waals surface area contributed by atoms with Crippen LogP contribution in [0.5, 0.6) is 0 Å². The van der Waals surface area contributed by atoms with Crippen molar-refractivity contribution in [2.45, 2.75) is 58.0 Å². The minimum absolute atomic E-state index is 0.0971. The van der Waals surface area contributed by atoms with Crippen molar-refractivity contribution < 1.29 is 4.79 Å². The zero-order valence-corrected chi connectivity index (χ0v) is 10.7. The van der Waals surface area contributed by atoms with Gasteiger partial charge in [0.25, 0.3) is 5.91 Å². The molecule has 3 N–H and O–H groups in total. The molecule has 0 bridgehead atoms. The summed E-state index contributed by atoms with van der Waals surface area (Å²) in [7, 11) is 2.02. The van der Waals surface area contributed by atoms with Crippen LogP contribution in [0.1, 0.15) is 46.0 Å². The fraction of sp³-hybridized carbons (Fsp3) is 0.917. The van der Waals surface area contributed by atoms with Crippen LogP contribution >= 0.6 is 0 Å². The van der Waals surface area contributed by atoms with Gasteiger partial charge in [0, 0.05) is 6.04 Å². The molecule has 1 amide bonds. The molecule has 0 aromatic rings. The molecular weight excluding hydrogens is 202 g/mol. The minimum atomic E-state index is -0.131. The van der Waals surface area contributed by atoms with E-state index in [1.54, 1.807) is 0 Å². The Labute approximate surface area is 98.5 Å². The summed E-state index contributed by atoms with van der Waals surface area (Å²) in [6, 6.07) is 0.406. The summed E-state index contributed by atoms with van der Waals surface area (Å²) in [5.41, 5.74) is 2.22. The molecule has 1 unspecified atom stereocenters. The number of hydrazine groups is 1. The number of amides is 1. The summed E-state index contributed by atoms with van der Waals surface area (Å²) in [4.78, 5) is 13.6. The van der Waals surface area contributed by atoms with Gasteiger partial charge in [-0.05, 0) is 45.6 Å². The number of nitrogens with zero attached hydrogens (tertiary/aromatic N) is 1. The van der Waals surface area contributed by atoms with Crippen LogP contribution in [0.25, 0.3) is 0 Å². The molecule has 16 heavy (non-hydrogen) atoms. The Balaban J connectivity index is 2.43. The Morgan fingerprint density at radius 3 is 2.44 bits per heavy atom. The van der Waals surface area contributed by atoms with Gasteiger partial charge in [-0.2, -0.15) is 0 Å². The van der Waals surface area contributed by atoms with Crippen molar-refractivity contribution in [1.82, 2.24) is 10.3 Å². The van der Waals surface area contributed by atoms with Crippen molar-refractivity contribution in [2.24, 2.45) is 11.8 Å². The largest absolute Gasteiger partial charge is 0.293 e. The van der Waals surface area contributed by atoms with E-state index in [1.807, 2.05) is 14.0 Å². The number of nitrogens with two attached hydrogens (primary N) is 1. The van der Waals surface area contributed by atoms with E-state index in [4.69, 9.17) is 5.84 Å². The van der Waals surface area contributed by atoms with Gasteiger partial charge in [0.1, 0.15) is 0 Å². The van der Waals surface area contributed by atoms with Gasteiger partial charge < -0.3 is 0 Å². The third kappa shape index (κ3) is 3.19. The molecule has 0 spiro atoms. The maximum atomic E-state index is 11.4. The second-order valence-corrected chi connectivity index (χ2v) is 4.93. The molecule has 0 heterocycles. The van der Waals surface area contributed by atoms with Crippen LogP contribution in [-0.4, -0.2) is 29.9 Å². The first-order chi connectivity index (χ1) is 7.60. The van der Waals surface area contributed by atoms with Gasteiger partial charge in [0.2, 0.25) is 0 Å². The maximum absolute atomic E-state index is 11.4. The highest BCUT2D eigenvalue weighted by Gasteiger charge is 2.28. The van der Waals surface area contributed by atoms with Crippen LogP contribution in [0, 0.1) is 5.92 Å². The molecule has 0 radical (unpaired) electrons. The van der Waals surface area contributed by atoms with Crippen LogP contribution < -0.4 is 11.3 Å². The standard InChI is InChI=1S/C12H25N3O/c1-4-10-5-7-11(8-6-10)15(3)9(2)12(16)14-13/h9-11H,4-8,13H2,1-3H3,(H,14,16). The Morgan fingerprint density at radius 1 is 1.44 bits per heavy atom. The lowest BCUT2D eigenvalue weighted by Crippen LogP contribution is -2.50. The Hall–Kier alpha value is -0.610. The topological polar surface area (TPSA) is 58.4 Å². The first-order valence-electron chi connectivity index (χ1n) is 6.32. The second-order valence-electron chi connectivity index (χ2n) is 4.93. The molecule has 4 nitrogen and oxygen atoms in total. The number of hydrogen-bond acceptors (Lipinski definition) is 3. The Bertz CT molecular complexity index is 224. The van der Waals surface area contributed by atoms with Crippen molar-refractivity contribution >= 4 is 5.91 Å². The van der Waals surface area contributed by atoms with Gasteiger partial charge in [-0.15, -0.1) is 0 Å². The van der Waals surface area contributed by atoms with Crippen LogP contribution in [0.4, 0.5) is 0 Å². The predicted octanol–water partition coefficient (Wildman–Crippen LogP) is 1.27. The van der Waals surface area contributed by atoms with Crippen LogP contribution in [-0.2, 0) is 4.79 Å². The molecule has 0 saturated heterocycles. The monoisotopic (exact) mass is 227 g/mol. The molecule has 1 atom stereocenters. The highest BCUT2D eigenvalue weighted by molar-refractivity contribution is 5.80. The highest BCUT2D eigenvalue weighted by atomic mass is 16.2. The third-order valence-corrected chi connectivity index (χ3v) is 4.10. The Morgan fingerprint density at radius 2 is 2.00 bits per heavy atom. The van der Waals surface area contributed by atoms with Gasteiger partial charge in [-0.25, -0.2) is 5.84 Å². The predicted molar refractivity (Wildman–Crippen MR) is 65.6 cm³/mol. The van der Waals surface area contributed by atoms with Gasteiger partial charge in [-0.3, -0.25) is 15.1 Å². The number of hydrogen-bond donors (Lipinski definition) is 2. The van der Waals surface area contributed by atoms with Gasteiger partial charge in [-0.1, -0.05) is 13.3 Å². The molecule has 0 aromatic carbocycles. The molecule has 94 valence electrons. The average molecular weight is 227 g/mol. The fourth-order valence-electron chi connectivity index (χ4n) is 2.58. The molecule has 1 saturated carbocycles. The molecule has 0 aliphatic heterocycles. The second kappa shape index (κ2) is 6.21. The summed E-state index contributed by atoms with van der Waals surface area (Å²) in [5, 5.41) is 0. The number of carbonyl (C=O) groups is 1. The third-order valence-electron chi connectivity index (χ3n) is 4.10. The van der Waals surface area contributed by atoms with Crippen molar-refractivity contribution in [3.05, 3.63) is 0 Å². The van der Waals surface area contributed by atoms with E-state index >= 15 is 0 Å². The normalized spacial score (nSPS) is 27.8. The Kier molecular flexibility index (Phi) is 5.22. The van der Waals surface area contributed by atoms with Crippen LogP contribution in [0.2, 0.25) is 0 Å². The molecule has 4 heteroatoms. The van der Waals surface area contributed by atoms with Gasteiger partial charge >= 0.3 is 0 Å². The molecule has 1 aliphatic carbocycles. The molecule has 1 rings (SSSR count). The van der Waals surface area contributed by atoms with E-state index in [0.29, 0.717) is 6.04 Å². The fourth-order valence-corrected chi connectivity index (χ4v) is 2.58. The lowest BCUT2D eigenvalue weighted by molar-refractivity contribution is -0.126. The van der Waals surface area contributed by atoms with Crippen molar-refractivity contribution in [2.75, 3.05) is 7.05 Å². The number of likely N-dealkylation sites (N-methyl/N-ethyl adjacent to an activating group) is 1. The maximum Gasteiger partial charge on any atom is 0.250 e. The van der Waals surface area contributed by atoms with E-state index in [9.17, 15) is 4.79 Å². The first-order valence-corrected chi connectivity index (χ1v) is 6.32. The van der Waals surface area contributed by atoms with E-state index in [0.717, 1.165) is 5.92 Å². The van der Waals surface area contributed by atoms with Gasteiger partial charge in [0.05, 0.1) is 6.04 Å². The van der Waals surface area contributed by atoms with E-state index in [-0.39, 0.29) is 11.9 Å². The number of carbonyl (C=O) groups excluding carboxylic acids is 1. The summed E-state index contributed by atoms with van der Waals surface area (Å²) >= 11 is 0. The van der Waals surface area contributed by atoms with Crippen LogP contribution in [0.15, 0.2) is 0 Å². The first kappa shape index (κ1) is 13.5. The molecule has 1 fully saturated rings. The number of nitrogens with one attached hydrogen (secondary N) is 1. The van der Waals surface area contributed by atoms with E-state index in [1.165, 1.54) is 32.1 Å². The zero-order valence-electron chi connectivity index (χ0n) is 10.7. The minimum Gasteiger partial charge on any atom is -0.293 e. The lowest BCUT2D eigenvalue weighted by atomic mass is 9.84. The SMILES string of the molecule is CCC1CCC(N(C)C(C)C(=O)NN)CC1. The van der Waals surface area contributed by atoms with E-state index < -0.39 is 0 Å².